The highest BCUT2D eigenvalue weighted by Crippen LogP contribution is 2.18. The van der Waals surface area contributed by atoms with Gasteiger partial charge in [0.05, 0.1) is 6.61 Å². The van der Waals surface area contributed by atoms with Gasteiger partial charge in [-0.25, -0.2) is 0 Å². The fraction of sp³-hybridized carbons (Fsp3) is 0.571. The Balaban J connectivity index is 2.55. The molecule has 0 amide bonds. The van der Waals surface area contributed by atoms with E-state index in [0.29, 0.717) is 0 Å². The molecule has 0 spiro atoms. The number of hydrogen-bond donors (Lipinski definition) is 1. The van der Waals surface area contributed by atoms with Gasteiger partial charge in [0.25, 0.3) is 0 Å². The van der Waals surface area contributed by atoms with E-state index in [4.69, 9.17) is 9.47 Å². The number of nitrogens with one attached hydrogen (secondary N) is 1. The molecule has 1 N–H and O–H groups in total. The van der Waals surface area contributed by atoms with Crippen molar-refractivity contribution in [1.82, 2.24) is 5.32 Å². The molecular weight excluding hydrogens is 214 g/mol. The lowest BCUT2D eigenvalue weighted by molar-refractivity contribution is 0.110. The summed E-state index contributed by atoms with van der Waals surface area (Å²) >= 11 is 0. The van der Waals surface area contributed by atoms with E-state index >= 15 is 0 Å². The Morgan fingerprint density at radius 1 is 1.18 bits per heavy atom. The van der Waals surface area contributed by atoms with Gasteiger partial charge in [-0.15, -0.1) is 0 Å². The number of rotatable bonds is 7. The summed E-state index contributed by atoms with van der Waals surface area (Å²) in [6.07, 6.45) is 0.941. The topological polar surface area (TPSA) is 30.5 Å². The molecule has 0 aliphatic heterocycles. The summed E-state index contributed by atoms with van der Waals surface area (Å²) in [4.78, 5) is 0. The van der Waals surface area contributed by atoms with Crippen molar-refractivity contribution in [2.45, 2.75) is 25.9 Å². The molecule has 3 nitrogen and oxygen atoms in total. The van der Waals surface area contributed by atoms with Gasteiger partial charge in [-0.2, -0.15) is 0 Å². The Morgan fingerprint density at radius 2 is 1.82 bits per heavy atom. The fourth-order valence-corrected chi connectivity index (χ4v) is 1.72. The number of hydrogen-bond acceptors (Lipinski definition) is 3. The second kappa shape index (κ2) is 6.62. The zero-order valence-electron chi connectivity index (χ0n) is 11.2. The fourth-order valence-electron chi connectivity index (χ4n) is 1.72. The van der Waals surface area contributed by atoms with Crippen molar-refractivity contribution in [2.24, 2.45) is 0 Å². The molecule has 1 aromatic rings. The molecule has 0 fully saturated rings. The molecule has 0 radical (unpaired) electrons. The number of likely N-dealkylation sites (N-methyl/N-ethyl adjacent to an activating group) is 1. The summed E-state index contributed by atoms with van der Waals surface area (Å²) in [5.74, 6) is 0.909. The summed E-state index contributed by atoms with van der Waals surface area (Å²) in [6.45, 7) is 5.72. The summed E-state index contributed by atoms with van der Waals surface area (Å²) in [6, 6.07) is 8.21. The first kappa shape index (κ1) is 14.0. The van der Waals surface area contributed by atoms with Crippen LogP contribution in [0.3, 0.4) is 0 Å². The maximum atomic E-state index is 5.91. The van der Waals surface area contributed by atoms with E-state index in [1.54, 1.807) is 7.11 Å². The number of benzene rings is 1. The van der Waals surface area contributed by atoms with E-state index < -0.39 is 0 Å². The Morgan fingerprint density at radius 3 is 2.35 bits per heavy atom. The monoisotopic (exact) mass is 237 g/mol. The van der Waals surface area contributed by atoms with E-state index in [-0.39, 0.29) is 5.60 Å². The van der Waals surface area contributed by atoms with E-state index in [0.717, 1.165) is 25.3 Å². The van der Waals surface area contributed by atoms with E-state index in [2.05, 4.69) is 31.3 Å². The third kappa shape index (κ3) is 5.20. The maximum Gasteiger partial charge on any atom is 0.120 e. The van der Waals surface area contributed by atoms with Gasteiger partial charge < -0.3 is 14.8 Å². The zero-order valence-corrected chi connectivity index (χ0v) is 11.2. The van der Waals surface area contributed by atoms with Crippen molar-refractivity contribution in [2.75, 3.05) is 27.3 Å². The molecule has 0 heterocycles. The quantitative estimate of drug-likeness (QED) is 0.789. The molecular formula is C14H23NO2. The van der Waals surface area contributed by atoms with Crippen molar-refractivity contribution in [3.8, 4) is 5.75 Å². The van der Waals surface area contributed by atoms with Crippen LogP contribution in [0.1, 0.15) is 19.4 Å². The summed E-state index contributed by atoms with van der Waals surface area (Å²) < 4.78 is 11.0. The summed E-state index contributed by atoms with van der Waals surface area (Å²) in [7, 11) is 3.65. The van der Waals surface area contributed by atoms with Crippen LogP contribution in [0.15, 0.2) is 24.3 Å². The lowest BCUT2D eigenvalue weighted by Crippen LogP contribution is -2.38. The van der Waals surface area contributed by atoms with Crippen molar-refractivity contribution >= 4 is 0 Å². The molecule has 0 aliphatic carbocycles. The highest BCUT2D eigenvalue weighted by molar-refractivity contribution is 5.28. The van der Waals surface area contributed by atoms with Crippen LogP contribution in [0.2, 0.25) is 0 Å². The molecule has 96 valence electrons. The van der Waals surface area contributed by atoms with Crippen molar-refractivity contribution in [1.29, 1.82) is 0 Å². The zero-order chi connectivity index (χ0) is 12.7. The minimum Gasteiger partial charge on any atom is -0.487 e. The molecule has 0 aliphatic rings. The number of methoxy groups -OCH3 is 1. The highest BCUT2D eigenvalue weighted by atomic mass is 16.5. The van der Waals surface area contributed by atoms with Crippen molar-refractivity contribution in [3.63, 3.8) is 0 Å². The highest BCUT2D eigenvalue weighted by Gasteiger charge is 2.18. The molecule has 0 bridgehead atoms. The van der Waals surface area contributed by atoms with Crippen molar-refractivity contribution in [3.05, 3.63) is 29.8 Å². The predicted octanol–water partition coefficient (Wildman–Crippen LogP) is 2.25. The van der Waals surface area contributed by atoms with Gasteiger partial charge in [-0.1, -0.05) is 12.1 Å². The van der Waals surface area contributed by atoms with Gasteiger partial charge >= 0.3 is 0 Å². The molecule has 0 atom stereocenters. The molecule has 0 saturated heterocycles. The Kier molecular flexibility index (Phi) is 5.45. The average molecular weight is 237 g/mol. The molecule has 0 unspecified atom stereocenters. The van der Waals surface area contributed by atoms with E-state index in [1.807, 2.05) is 19.2 Å². The second-order valence-corrected chi connectivity index (χ2v) is 4.78. The third-order valence-corrected chi connectivity index (χ3v) is 2.51. The van der Waals surface area contributed by atoms with Gasteiger partial charge in [-0.3, -0.25) is 0 Å². The van der Waals surface area contributed by atoms with Gasteiger partial charge in [0.1, 0.15) is 11.4 Å². The molecule has 1 aromatic carbocycles. The Hall–Kier alpha value is -1.06. The molecule has 0 saturated carbocycles. The predicted molar refractivity (Wildman–Crippen MR) is 70.7 cm³/mol. The normalized spacial score (nSPS) is 11.5. The number of ether oxygens (including phenoxy) is 2. The van der Waals surface area contributed by atoms with E-state index in [9.17, 15) is 0 Å². The standard InChI is InChI=1S/C14H23NO2/c1-14(2,11-15-3)17-13-7-5-12(6-8-13)9-10-16-4/h5-8,15H,9-11H2,1-4H3. The van der Waals surface area contributed by atoms with Crippen LogP contribution in [0.5, 0.6) is 5.75 Å². The second-order valence-electron chi connectivity index (χ2n) is 4.78. The van der Waals surface area contributed by atoms with Gasteiger partial charge in [0.2, 0.25) is 0 Å². The SMILES string of the molecule is CNCC(C)(C)Oc1ccc(CCOC)cc1. The lowest BCUT2D eigenvalue weighted by Gasteiger charge is -2.26. The first-order valence-electron chi connectivity index (χ1n) is 5.99. The largest absolute Gasteiger partial charge is 0.487 e. The Bertz CT molecular complexity index is 319. The van der Waals surface area contributed by atoms with Crippen LogP contribution in [-0.4, -0.2) is 32.9 Å². The van der Waals surface area contributed by atoms with Crippen LogP contribution in [0.4, 0.5) is 0 Å². The van der Waals surface area contributed by atoms with Gasteiger partial charge in [0.15, 0.2) is 0 Å². The van der Waals surface area contributed by atoms with Gasteiger partial charge in [0, 0.05) is 13.7 Å². The van der Waals surface area contributed by atoms with Crippen LogP contribution in [0, 0.1) is 0 Å². The molecule has 0 aromatic heterocycles. The van der Waals surface area contributed by atoms with Crippen LogP contribution < -0.4 is 10.1 Å². The van der Waals surface area contributed by atoms with Crippen LogP contribution in [0.25, 0.3) is 0 Å². The maximum absolute atomic E-state index is 5.91. The minimum atomic E-state index is -0.192. The Labute approximate surface area is 104 Å². The minimum absolute atomic E-state index is 0.192. The first-order valence-corrected chi connectivity index (χ1v) is 5.99. The average Bonchev–Trinajstić information content (AvgIpc) is 2.27. The first-order chi connectivity index (χ1) is 8.07. The van der Waals surface area contributed by atoms with E-state index in [1.165, 1.54) is 5.56 Å². The van der Waals surface area contributed by atoms with Crippen LogP contribution in [-0.2, 0) is 11.2 Å². The van der Waals surface area contributed by atoms with Crippen LogP contribution >= 0.6 is 0 Å². The summed E-state index contributed by atoms with van der Waals surface area (Å²) in [5, 5.41) is 3.13. The lowest BCUT2D eigenvalue weighted by atomic mass is 10.1. The molecule has 1 rings (SSSR count). The molecule has 3 heteroatoms. The third-order valence-electron chi connectivity index (χ3n) is 2.51. The summed E-state index contributed by atoms with van der Waals surface area (Å²) in [5.41, 5.74) is 1.08. The van der Waals surface area contributed by atoms with Crippen molar-refractivity contribution < 1.29 is 9.47 Å². The molecule has 17 heavy (non-hydrogen) atoms. The smallest absolute Gasteiger partial charge is 0.120 e. The van der Waals surface area contributed by atoms with Gasteiger partial charge in [-0.05, 0) is 45.0 Å².